The van der Waals surface area contributed by atoms with Gasteiger partial charge in [0.25, 0.3) is 0 Å². The summed E-state index contributed by atoms with van der Waals surface area (Å²) in [4.78, 5) is 0. The highest BCUT2D eigenvalue weighted by Crippen LogP contribution is 2.33. The standard InChI is InChI=1S/C10H19IO/c1-8(9-5-4-6-9)12-10(2,3)7-11/h8-9H,4-7H2,1-3H3. The van der Waals surface area contributed by atoms with Crippen LogP contribution in [0.3, 0.4) is 0 Å². The van der Waals surface area contributed by atoms with Gasteiger partial charge in [-0.05, 0) is 39.5 Å². The molecule has 1 nitrogen and oxygen atoms in total. The molecule has 0 aliphatic heterocycles. The van der Waals surface area contributed by atoms with E-state index in [1.807, 2.05) is 0 Å². The zero-order valence-corrected chi connectivity index (χ0v) is 10.4. The van der Waals surface area contributed by atoms with Gasteiger partial charge in [0.2, 0.25) is 0 Å². The Bertz CT molecular complexity index is 141. The van der Waals surface area contributed by atoms with Crippen molar-refractivity contribution in [2.75, 3.05) is 4.43 Å². The van der Waals surface area contributed by atoms with Gasteiger partial charge in [-0.15, -0.1) is 0 Å². The Hall–Kier alpha value is 0.690. The predicted octanol–water partition coefficient (Wildman–Crippen LogP) is 3.41. The molecule has 1 fully saturated rings. The summed E-state index contributed by atoms with van der Waals surface area (Å²) < 4.78 is 7.05. The molecule has 72 valence electrons. The van der Waals surface area contributed by atoms with Crippen LogP contribution in [0.5, 0.6) is 0 Å². The van der Waals surface area contributed by atoms with Crippen molar-refractivity contribution < 1.29 is 4.74 Å². The monoisotopic (exact) mass is 282 g/mol. The SMILES string of the molecule is CC(OC(C)(C)CI)C1CCC1. The van der Waals surface area contributed by atoms with E-state index in [4.69, 9.17) is 4.74 Å². The lowest BCUT2D eigenvalue weighted by molar-refractivity contribution is -0.0859. The van der Waals surface area contributed by atoms with Gasteiger partial charge in [-0.1, -0.05) is 29.0 Å². The molecule has 0 radical (unpaired) electrons. The van der Waals surface area contributed by atoms with E-state index in [0.717, 1.165) is 10.3 Å². The first-order chi connectivity index (χ1) is 5.55. The Balaban J connectivity index is 2.28. The molecule has 1 aliphatic rings. The molecule has 1 saturated carbocycles. The molecule has 0 N–H and O–H groups in total. The Kier molecular flexibility index (Phi) is 3.83. The maximum Gasteiger partial charge on any atom is 0.0719 e. The summed E-state index contributed by atoms with van der Waals surface area (Å²) >= 11 is 2.39. The topological polar surface area (TPSA) is 9.23 Å². The van der Waals surface area contributed by atoms with Crippen LogP contribution in [0.4, 0.5) is 0 Å². The molecule has 0 aromatic carbocycles. The van der Waals surface area contributed by atoms with Crippen molar-refractivity contribution in [3.63, 3.8) is 0 Å². The molecular weight excluding hydrogens is 263 g/mol. The van der Waals surface area contributed by atoms with Crippen molar-refractivity contribution in [1.82, 2.24) is 0 Å². The molecule has 0 heterocycles. The molecule has 0 spiro atoms. The molecule has 0 aromatic heterocycles. The van der Waals surface area contributed by atoms with Gasteiger partial charge in [-0.2, -0.15) is 0 Å². The summed E-state index contributed by atoms with van der Waals surface area (Å²) in [6.07, 6.45) is 4.61. The Labute approximate surface area is 89.4 Å². The van der Waals surface area contributed by atoms with E-state index in [1.54, 1.807) is 0 Å². The number of ether oxygens (including phenoxy) is 1. The Morgan fingerprint density at radius 3 is 2.42 bits per heavy atom. The average Bonchev–Trinajstić information content (AvgIpc) is 1.82. The van der Waals surface area contributed by atoms with Gasteiger partial charge >= 0.3 is 0 Å². The minimum absolute atomic E-state index is 0.0650. The van der Waals surface area contributed by atoms with Gasteiger partial charge in [-0.25, -0.2) is 0 Å². The van der Waals surface area contributed by atoms with E-state index in [0.29, 0.717) is 6.10 Å². The fourth-order valence-corrected chi connectivity index (χ4v) is 1.72. The third-order valence-electron chi connectivity index (χ3n) is 2.64. The minimum atomic E-state index is 0.0650. The largest absolute Gasteiger partial charge is 0.372 e. The third kappa shape index (κ3) is 2.87. The Morgan fingerprint density at radius 2 is 2.08 bits per heavy atom. The van der Waals surface area contributed by atoms with Crippen LogP contribution in [0.25, 0.3) is 0 Å². The van der Waals surface area contributed by atoms with E-state index >= 15 is 0 Å². The van der Waals surface area contributed by atoms with Crippen LogP contribution in [-0.2, 0) is 4.74 Å². The van der Waals surface area contributed by atoms with Crippen molar-refractivity contribution in [1.29, 1.82) is 0 Å². The van der Waals surface area contributed by atoms with E-state index in [-0.39, 0.29) is 5.60 Å². The van der Waals surface area contributed by atoms with Crippen LogP contribution < -0.4 is 0 Å². The van der Waals surface area contributed by atoms with Crippen LogP contribution in [0.1, 0.15) is 40.0 Å². The molecule has 0 saturated heterocycles. The molecule has 1 rings (SSSR count). The number of hydrogen-bond acceptors (Lipinski definition) is 1. The average molecular weight is 282 g/mol. The number of rotatable bonds is 4. The summed E-state index contributed by atoms with van der Waals surface area (Å²) in [5.41, 5.74) is 0.0650. The van der Waals surface area contributed by atoms with Crippen LogP contribution in [-0.4, -0.2) is 16.1 Å². The van der Waals surface area contributed by atoms with Crippen molar-refractivity contribution in [2.45, 2.75) is 51.7 Å². The van der Waals surface area contributed by atoms with Crippen LogP contribution in [0.2, 0.25) is 0 Å². The third-order valence-corrected chi connectivity index (χ3v) is 4.48. The first-order valence-electron chi connectivity index (χ1n) is 4.79. The number of halogens is 1. The second-order valence-corrected chi connectivity index (χ2v) is 5.17. The molecular formula is C10H19IO. The molecule has 0 aromatic rings. The van der Waals surface area contributed by atoms with Gasteiger partial charge in [0.05, 0.1) is 11.7 Å². The number of alkyl halides is 1. The normalized spacial score (nSPS) is 22.0. The van der Waals surface area contributed by atoms with E-state index in [1.165, 1.54) is 19.3 Å². The summed E-state index contributed by atoms with van der Waals surface area (Å²) in [5.74, 6) is 0.840. The Morgan fingerprint density at radius 1 is 1.50 bits per heavy atom. The van der Waals surface area contributed by atoms with Gasteiger partial charge in [0, 0.05) is 4.43 Å². The first kappa shape index (κ1) is 10.8. The summed E-state index contributed by atoms with van der Waals surface area (Å²) in [5, 5.41) is 0. The highest BCUT2D eigenvalue weighted by Gasteiger charge is 2.29. The molecule has 1 atom stereocenters. The lowest BCUT2D eigenvalue weighted by atomic mass is 9.81. The first-order valence-corrected chi connectivity index (χ1v) is 6.31. The second kappa shape index (κ2) is 4.27. The molecule has 0 amide bonds. The van der Waals surface area contributed by atoms with Gasteiger partial charge in [0.1, 0.15) is 0 Å². The van der Waals surface area contributed by atoms with Crippen LogP contribution >= 0.6 is 22.6 Å². The smallest absolute Gasteiger partial charge is 0.0719 e. The van der Waals surface area contributed by atoms with E-state index < -0.39 is 0 Å². The zero-order chi connectivity index (χ0) is 9.19. The summed E-state index contributed by atoms with van der Waals surface area (Å²) in [6, 6.07) is 0. The van der Waals surface area contributed by atoms with E-state index in [9.17, 15) is 0 Å². The zero-order valence-electron chi connectivity index (χ0n) is 8.27. The quantitative estimate of drug-likeness (QED) is 0.567. The fourth-order valence-electron chi connectivity index (χ4n) is 1.54. The van der Waals surface area contributed by atoms with Gasteiger partial charge < -0.3 is 4.74 Å². The molecule has 0 bridgehead atoms. The highest BCUT2D eigenvalue weighted by atomic mass is 127. The molecule has 1 unspecified atom stereocenters. The van der Waals surface area contributed by atoms with Gasteiger partial charge in [0.15, 0.2) is 0 Å². The van der Waals surface area contributed by atoms with Crippen molar-refractivity contribution in [2.24, 2.45) is 5.92 Å². The highest BCUT2D eigenvalue weighted by molar-refractivity contribution is 14.1. The number of hydrogen-bond donors (Lipinski definition) is 0. The second-order valence-electron chi connectivity index (χ2n) is 4.41. The summed E-state index contributed by atoms with van der Waals surface area (Å²) in [6.45, 7) is 6.57. The lowest BCUT2D eigenvalue weighted by Crippen LogP contribution is -2.36. The van der Waals surface area contributed by atoms with Crippen molar-refractivity contribution in [3.05, 3.63) is 0 Å². The van der Waals surface area contributed by atoms with Crippen LogP contribution in [0.15, 0.2) is 0 Å². The molecule has 2 heteroatoms. The maximum atomic E-state index is 5.98. The molecule has 1 aliphatic carbocycles. The van der Waals surface area contributed by atoms with Gasteiger partial charge in [-0.3, -0.25) is 0 Å². The lowest BCUT2D eigenvalue weighted by Gasteiger charge is -2.36. The van der Waals surface area contributed by atoms with Crippen molar-refractivity contribution >= 4 is 22.6 Å². The summed E-state index contributed by atoms with van der Waals surface area (Å²) in [7, 11) is 0. The fraction of sp³-hybridized carbons (Fsp3) is 1.00. The maximum absolute atomic E-state index is 5.98. The van der Waals surface area contributed by atoms with Crippen molar-refractivity contribution in [3.8, 4) is 0 Å². The van der Waals surface area contributed by atoms with Crippen LogP contribution in [0, 0.1) is 5.92 Å². The predicted molar refractivity (Wildman–Crippen MR) is 60.9 cm³/mol. The minimum Gasteiger partial charge on any atom is -0.372 e. The van der Waals surface area contributed by atoms with E-state index in [2.05, 4.69) is 43.4 Å². The molecule has 12 heavy (non-hydrogen) atoms.